The molecule has 0 spiro atoms. The third kappa shape index (κ3) is 4.66. The second kappa shape index (κ2) is 12.5. The van der Waals surface area contributed by atoms with E-state index in [-0.39, 0.29) is 0 Å². The number of anilines is 3. The van der Waals surface area contributed by atoms with E-state index in [4.69, 9.17) is 4.42 Å². The van der Waals surface area contributed by atoms with Crippen LogP contribution in [-0.4, -0.2) is 0 Å². The maximum absolute atomic E-state index is 7.08. The second-order valence-corrected chi connectivity index (χ2v) is 15.7. The zero-order chi connectivity index (χ0) is 38.4. The zero-order valence-corrected chi connectivity index (χ0v) is 32.0. The summed E-state index contributed by atoms with van der Waals surface area (Å²) in [5.74, 6) is 0. The standard InChI is InChI=1S/C56H37NO/c1-56(49-24-12-9-21-45(49)46-22-10-13-25-50(46)56)51-33-34-52(54-47-23-11-14-26-53(47)58-55(51)54)57(38-29-27-37(28-30-38)36-15-3-2-4-16-36)39-31-32-44-42-19-6-5-17-40(42)41-18-7-8-20-43(41)48(44)35-39/h2-35H,1H3. The zero-order valence-electron chi connectivity index (χ0n) is 32.0. The molecule has 1 aliphatic rings. The number of benzene rings is 10. The molecule has 10 aromatic carbocycles. The average molecular weight is 740 g/mol. The smallest absolute Gasteiger partial charge is 0.141 e. The van der Waals surface area contributed by atoms with Gasteiger partial charge in [0.2, 0.25) is 0 Å². The summed E-state index contributed by atoms with van der Waals surface area (Å²) in [5.41, 5.74) is 13.3. The molecule has 12 rings (SSSR count). The molecule has 0 aliphatic heterocycles. The summed E-state index contributed by atoms with van der Waals surface area (Å²) < 4.78 is 7.08. The lowest BCUT2D eigenvalue weighted by Crippen LogP contribution is -2.23. The van der Waals surface area contributed by atoms with Gasteiger partial charge < -0.3 is 9.32 Å². The quantitative estimate of drug-likeness (QED) is 0.163. The molecule has 0 radical (unpaired) electrons. The molecular weight excluding hydrogens is 703 g/mol. The number of fused-ring (bicyclic) bond motifs is 12. The largest absolute Gasteiger partial charge is 0.456 e. The number of furan rings is 1. The molecule has 0 fully saturated rings. The maximum Gasteiger partial charge on any atom is 0.141 e. The van der Waals surface area contributed by atoms with Crippen LogP contribution >= 0.6 is 0 Å². The van der Waals surface area contributed by atoms with Gasteiger partial charge in [0.05, 0.1) is 11.1 Å². The van der Waals surface area contributed by atoms with Gasteiger partial charge in [-0.2, -0.15) is 0 Å². The molecule has 2 nitrogen and oxygen atoms in total. The van der Waals surface area contributed by atoms with E-state index in [1.807, 2.05) is 0 Å². The van der Waals surface area contributed by atoms with E-state index in [0.29, 0.717) is 0 Å². The van der Waals surface area contributed by atoms with Crippen molar-refractivity contribution in [2.75, 3.05) is 4.90 Å². The average Bonchev–Trinajstić information content (AvgIpc) is 3.81. The third-order valence-electron chi connectivity index (χ3n) is 12.7. The molecule has 272 valence electrons. The summed E-state index contributed by atoms with van der Waals surface area (Å²) in [6.45, 7) is 2.37. The molecule has 58 heavy (non-hydrogen) atoms. The minimum atomic E-state index is -0.428. The van der Waals surface area contributed by atoms with Crippen molar-refractivity contribution in [2.24, 2.45) is 0 Å². The third-order valence-corrected chi connectivity index (χ3v) is 12.7. The van der Waals surface area contributed by atoms with Gasteiger partial charge in [-0.1, -0.05) is 170 Å². The monoisotopic (exact) mass is 739 g/mol. The van der Waals surface area contributed by atoms with Crippen molar-refractivity contribution in [3.63, 3.8) is 0 Å². The van der Waals surface area contributed by atoms with Crippen LogP contribution in [0.1, 0.15) is 23.6 Å². The highest BCUT2D eigenvalue weighted by molar-refractivity contribution is 6.26. The van der Waals surface area contributed by atoms with Crippen molar-refractivity contribution in [3.8, 4) is 22.3 Å². The fourth-order valence-corrected chi connectivity index (χ4v) is 10.0. The fourth-order valence-electron chi connectivity index (χ4n) is 10.0. The molecule has 1 heterocycles. The fraction of sp³-hybridized carbons (Fsp3) is 0.0357. The van der Waals surface area contributed by atoms with Gasteiger partial charge in [0, 0.05) is 27.7 Å². The lowest BCUT2D eigenvalue weighted by molar-refractivity contribution is 0.638. The van der Waals surface area contributed by atoms with E-state index in [1.165, 1.54) is 65.7 Å². The summed E-state index contributed by atoms with van der Waals surface area (Å²) in [6, 6.07) is 75.2. The molecule has 2 heteroatoms. The van der Waals surface area contributed by atoms with Crippen molar-refractivity contribution < 1.29 is 4.42 Å². The molecule has 0 unspecified atom stereocenters. The Kier molecular flexibility index (Phi) is 7.09. The number of hydrogen-bond acceptors (Lipinski definition) is 2. The van der Waals surface area contributed by atoms with Crippen LogP contribution in [0, 0.1) is 0 Å². The van der Waals surface area contributed by atoms with E-state index in [0.717, 1.165) is 44.6 Å². The number of para-hydroxylation sites is 1. The molecule has 0 atom stereocenters. The number of rotatable bonds is 5. The predicted octanol–water partition coefficient (Wildman–Crippen LogP) is 15.5. The van der Waals surface area contributed by atoms with Crippen molar-refractivity contribution in [1.29, 1.82) is 0 Å². The van der Waals surface area contributed by atoms with Gasteiger partial charge in [-0.05, 0) is 109 Å². The van der Waals surface area contributed by atoms with Crippen LogP contribution in [0.4, 0.5) is 17.1 Å². The van der Waals surface area contributed by atoms with Crippen LogP contribution in [-0.2, 0) is 5.41 Å². The van der Waals surface area contributed by atoms with Crippen LogP contribution in [0.3, 0.4) is 0 Å². The Hall–Kier alpha value is -7.42. The molecule has 0 N–H and O–H groups in total. The Bertz CT molecular complexity index is 3330. The molecular formula is C56H37NO. The predicted molar refractivity (Wildman–Crippen MR) is 244 cm³/mol. The molecule has 11 aromatic rings. The van der Waals surface area contributed by atoms with E-state index in [9.17, 15) is 0 Å². The van der Waals surface area contributed by atoms with Gasteiger partial charge in [-0.15, -0.1) is 0 Å². The molecule has 1 aromatic heterocycles. The lowest BCUT2D eigenvalue weighted by Gasteiger charge is -2.31. The van der Waals surface area contributed by atoms with Crippen LogP contribution in [0.15, 0.2) is 211 Å². The van der Waals surface area contributed by atoms with Gasteiger partial charge in [0.15, 0.2) is 0 Å². The van der Waals surface area contributed by atoms with Gasteiger partial charge in [0.1, 0.15) is 11.2 Å². The van der Waals surface area contributed by atoms with Crippen molar-refractivity contribution in [2.45, 2.75) is 12.3 Å². The Morgan fingerprint density at radius 2 is 0.879 bits per heavy atom. The van der Waals surface area contributed by atoms with Gasteiger partial charge in [0.25, 0.3) is 0 Å². The summed E-state index contributed by atoms with van der Waals surface area (Å²) in [6.07, 6.45) is 0. The first-order chi connectivity index (χ1) is 28.7. The van der Waals surface area contributed by atoms with Gasteiger partial charge in [-0.25, -0.2) is 0 Å². The summed E-state index contributed by atoms with van der Waals surface area (Å²) in [4.78, 5) is 2.44. The minimum absolute atomic E-state index is 0.428. The van der Waals surface area contributed by atoms with Crippen LogP contribution in [0.2, 0.25) is 0 Å². The molecule has 0 saturated carbocycles. The van der Waals surface area contributed by atoms with Crippen molar-refractivity contribution in [3.05, 3.63) is 223 Å². The van der Waals surface area contributed by atoms with Crippen LogP contribution < -0.4 is 4.90 Å². The Morgan fingerprint density at radius 1 is 0.379 bits per heavy atom. The van der Waals surface area contributed by atoms with Crippen molar-refractivity contribution >= 4 is 71.3 Å². The normalized spacial score (nSPS) is 13.1. The van der Waals surface area contributed by atoms with E-state index in [2.05, 4.69) is 218 Å². The summed E-state index contributed by atoms with van der Waals surface area (Å²) >= 11 is 0. The van der Waals surface area contributed by atoms with Gasteiger partial charge >= 0.3 is 0 Å². The maximum atomic E-state index is 7.08. The first kappa shape index (κ1) is 32.8. The highest BCUT2D eigenvalue weighted by Crippen LogP contribution is 2.56. The summed E-state index contributed by atoms with van der Waals surface area (Å²) in [7, 11) is 0. The number of nitrogens with zero attached hydrogens (tertiary/aromatic N) is 1. The van der Waals surface area contributed by atoms with Crippen molar-refractivity contribution in [1.82, 2.24) is 0 Å². The molecule has 0 saturated heterocycles. The van der Waals surface area contributed by atoms with E-state index in [1.54, 1.807) is 0 Å². The summed E-state index contributed by atoms with van der Waals surface area (Å²) in [5, 5.41) is 9.73. The Balaban J connectivity index is 1.15. The van der Waals surface area contributed by atoms with E-state index >= 15 is 0 Å². The first-order valence-electron chi connectivity index (χ1n) is 20.1. The topological polar surface area (TPSA) is 16.4 Å². The van der Waals surface area contributed by atoms with Crippen LogP contribution in [0.25, 0.3) is 76.5 Å². The molecule has 0 bridgehead atoms. The van der Waals surface area contributed by atoms with E-state index < -0.39 is 5.41 Å². The minimum Gasteiger partial charge on any atom is -0.456 e. The Labute approximate surface area is 336 Å². The molecule has 1 aliphatic carbocycles. The first-order valence-corrected chi connectivity index (χ1v) is 20.1. The SMILES string of the molecule is CC1(c2ccc(N(c3ccc(-c4ccccc4)cc3)c3ccc4c5ccccc5c5ccccc5c4c3)c3c2oc2ccccc23)c2ccccc2-c2ccccc21. The van der Waals surface area contributed by atoms with Gasteiger partial charge in [-0.3, -0.25) is 0 Å². The van der Waals surface area contributed by atoms with Crippen LogP contribution in [0.5, 0.6) is 0 Å². The molecule has 0 amide bonds. The second-order valence-electron chi connectivity index (χ2n) is 15.7. The highest BCUT2D eigenvalue weighted by Gasteiger charge is 2.43. The number of hydrogen-bond donors (Lipinski definition) is 0. The Morgan fingerprint density at radius 3 is 1.53 bits per heavy atom. The highest BCUT2D eigenvalue weighted by atomic mass is 16.3. The lowest BCUT2D eigenvalue weighted by atomic mass is 9.73.